The van der Waals surface area contributed by atoms with Crippen LogP contribution in [0.1, 0.15) is 19.3 Å². The van der Waals surface area contributed by atoms with Gasteiger partial charge in [-0.25, -0.2) is 4.98 Å². The summed E-state index contributed by atoms with van der Waals surface area (Å²) in [6.45, 7) is 0. The Morgan fingerprint density at radius 1 is 1.50 bits per heavy atom. The van der Waals surface area contributed by atoms with Crippen molar-refractivity contribution >= 4 is 17.4 Å². The van der Waals surface area contributed by atoms with E-state index in [9.17, 15) is 4.79 Å². The summed E-state index contributed by atoms with van der Waals surface area (Å²) in [5, 5.41) is 2.77. The number of rotatable bonds is 2. The van der Waals surface area contributed by atoms with E-state index in [0.717, 1.165) is 19.3 Å². The highest BCUT2D eigenvalue weighted by molar-refractivity contribution is 5.92. The van der Waals surface area contributed by atoms with Crippen LogP contribution in [-0.4, -0.2) is 10.9 Å². The first-order valence-electron chi connectivity index (χ1n) is 4.78. The van der Waals surface area contributed by atoms with E-state index in [0.29, 0.717) is 11.5 Å². The molecule has 1 aromatic rings. The summed E-state index contributed by atoms with van der Waals surface area (Å²) >= 11 is 0. The van der Waals surface area contributed by atoms with Crippen LogP contribution >= 0.6 is 0 Å². The van der Waals surface area contributed by atoms with Gasteiger partial charge in [0.1, 0.15) is 5.82 Å². The predicted octanol–water partition coefficient (Wildman–Crippen LogP) is 1.40. The van der Waals surface area contributed by atoms with Gasteiger partial charge in [0.25, 0.3) is 0 Å². The van der Waals surface area contributed by atoms with Gasteiger partial charge in [0.2, 0.25) is 5.91 Å². The van der Waals surface area contributed by atoms with Crippen molar-refractivity contribution in [1.29, 1.82) is 0 Å². The molecule has 1 saturated carbocycles. The zero-order valence-corrected chi connectivity index (χ0v) is 7.86. The van der Waals surface area contributed by atoms with Crippen molar-refractivity contribution in [3.8, 4) is 0 Å². The fraction of sp³-hybridized carbons (Fsp3) is 0.400. The lowest BCUT2D eigenvalue weighted by molar-refractivity contribution is -0.122. The molecule has 74 valence electrons. The minimum Gasteiger partial charge on any atom is -0.397 e. The molecule has 0 atom stereocenters. The average Bonchev–Trinajstić information content (AvgIpc) is 2.06. The number of hydrogen-bond donors (Lipinski definition) is 2. The molecule has 4 nitrogen and oxygen atoms in total. The molecule has 1 aliphatic carbocycles. The number of aromatic nitrogens is 1. The minimum absolute atomic E-state index is 0.0773. The number of nitrogen functional groups attached to an aromatic ring is 1. The van der Waals surface area contributed by atoms with Crippen LogP contribution in [0.5, 0.6) is 0 Å². The van der Waals surface area contributed by atoms with Crippen LogP contribution in [0.25, 0.3) is 0 Å². The molecule has 1 fully saturated rings. The molecule has 2 rings (SSSR count). The number of nitrogens with zero attached hydrogens (tertiary/aromatic N) is 1. The monoisotopic (exact) mass is 191 g/mol. The molecule has 0 aromatic carbocycles. The Bertz CT molecular complexity index is 330. The van der Waals surface area contributed by atoms with E-state index >= 15 is 0 Å². The fourth-order valence-corrected chi connectivity index (χ4v) is 1.38. The Hall–Kier alpha value is -1.58. The van der Waals surface area contributed by atoms with Crippen LogP contribution < -0.4 is 11.1 Å². The number of carbonyl (C=O) groups is 1. The molecule has 0 unspecified atom stereocenters. The van der Waals surface area contributed by atoms with Crippen molar-refractivity contribution in [1.82, 2.24) is 4.98 Å². The predicted molar refractivity (Wildman–Crippen MR) is 54.6 cm³/mol. The third-order valence-corrected chi connectivity index (χ3v) is 2.51. The second-order valence-corrected chi connectivity index (χ2v) is 3.59. The van der Waals surface area contributed by atoms with Crippen LogP contribution in [0.15, 0.2) is 18.3 Å². The van der Waals surface area contributed by atoms with Crippen molar-refractivity contribution in [2.45, 2.75) is 19.3 Å². The molecular weight excluding hydrogens is 178 g/mol. The molecule has 14 heavy (non-hydrogen) atoms. The summed E-state index contributed by atoms with van der Waals surface area (Å²) in [7, 11) is 0. The van der Waals surface area contributed by atoms with Crippen LogP contribution in [0.4, 0.5) is 11.5 Å². The van der Waals surface area contributed by atoms with Gasteiger partial charge in [0, 0.05) is 5.92 Å². The Morgan fingerprint density at radius 3 is 2.79 bits per heavy atom. The zero-order valence-electron chi connectivity index (χ0n) is 7.86. The highest BCUT2D eigenvalue weighted by Gasteiger charge is 2.25. The molecule has 1 aliphatic rings. The van der Waals surface area contributed by atoms with Crippen LogP contribution in [0.3, 0.4) is 0 Å². The number of pyridine rings is 1. The smallest absolute Gasteiger partial charge is 0.228 e. The summed E-state index contributed by atoms with van der Waals surface area (Å²) in [4.78, 5) is 15.5. The van der Waals surface area contributed by atoms with E-state index in [1.165, 1.54) is 6.20 Å². The minimum atomic E-state index is 0.0773. The first-order chi connectivity index (χ1) is 6.75. The van der Waals surface area contributed by atoms with Crippen molar-refractivity contribution in [2.75, 3.05) is 11.1 Å². The second kappa shape index (κ2) is 3.65. The normalized spacial score (nSPS) is 16.0. The fourth-order valence-electron chi connectivity index (χ4n) is 1.38. The number of nitrogens with two attached hydrogens (primary N) is 1. The molecule has 0 saturated heterocycles. The van der Waals surface area contributed by atoms with E-state index < -0.39 is 0 Å². The van der Waals surface area contributed by atoms with Crippen LogP contribution in [0, 0.1) is 5.92 Å². The third kappa shape index (κ3) is 1.84. The summed E-state index contributed by atoms with van der Waals surface area (Å²) in [5.41, 5.74) is 6.08. The zero-order chi connectivity index (χ0) is 9.97. The molecule has 4 heteroatoms. The summed E-state index contributed by atoms with van der Waals surface area (Å²) < 4.78 is 0. The first-order valence-corrected chi connectivity index (χ1v) is 4.78. The average molecular weight is 191 g/mol. The van der Waals surface area contributed by atoms with Gasteiger partial charge < -0.3 is 11.1 Å². The Kier molecular flexibility index (Phi) is 2.35. The van der Waals surface area contributed by atoms with Crippen molar-refractivity contribution < 1.29 is 4.79 Å². The lowest BCUT2D eigenvalue weighted by Gasteiger charge is -2.23. The molecule has 3 N–H and O–H groups in total. The van der Waals surface area contributed by atoms with E-state index in [4.69, 9.17) is 5.73 Å². The van der Waals surface area contributed by atoms with E-state index in [1.807, 2.05) is 0 Å². The van der Waals surface area contributed by atoms with E-state index in [-0.39, 0.29) is 11.8 Å². The molecule has 0 bridgehead atoms. The molecule has 0 radical (unpaired) electrons. The second-order valence-electron chi connectivity index (χ2n) is 3.59. The number of nitrogens with one attached hydrogen (secondary N) is 1. The van der Waals surface area contributed by atoms with Crippen LogP contribution in [0.2, 0.25) is 0 Å². The first kappa shape index (κ1) is 8.99. The molecule has 1 heterocycles. The van der Waals surface area contributed by atoms with Gasteiger partial charge in [-0.2, -0.15) is 0 Å². The van der Waals surface area contributed by atoms with Gasteiger partial charge in [-0.3, -0.25) is 4.79 Å². The largest absolute Gasteiger partial charge is 0.397 e. The van der Waals surface area contributed by atoms with E-state index in [1.54, 1.807) is 12.1 Å². The maximum Gasteiger partial charge on any atom is 0.228 e. The van der Waals surface area contributed by atoms with Gasteiger partial charge in [0.15, 0.2) is 0 Å². The number of amides is 1. The summed E-state index contributed by atoms with van der Waals surface area (Å²) in [5.74, 6) is 0.846. The quantitative estimate of drug-likeness (QED) is 0.742. The number of hydrogen-bond acceptors (Lipinski definition) is 3. The summed E-state index contributed by atoms with van der Waals surface area (Å²) in [6, 6.07) is 3.44. The third-order valence-electron chi connectivity index (χ3n) is 2.51. The standard InChI is InChI=1S/C10H13N3O/c11-8-4-5-9(12-6-8)13-10(14)7-2-1-3-7/h4-7H,1-3,11H2,(H,12,13,14). The molecular formula is C10H13N3O. The van der Waals surface area contributed by atoms with Gasteiger partial charge in [-0.1, -0.05) is 6.42 Å². The number of carbonyl (C=O) groups excluding carboxylic acids is 1. The Balaban J connectivity index is 1.96. The van der Waals surface area contributed by atoms with Gasteiger partial charge in [-0.05, 0) is 25.0 Å². The lowest BCUT2D eigenvalue weighted by atomic mass is 9.85. The van der Waals surface area contributed by atoms with Gasteiger partial charge in [-0.15, -0.1) is 0 Å². The maximum absolute atomic E-state index is 11.5. The SMILES string of the molecule is Nc1ccc(NC(=O)C2CCC2)nc1. The van der Waals surface area contributed by atoms with Crippen LogP contribution in [-0.2, 0) is 4.79 Å². The maximum atomic E-state index is 11.5. The summed E-state index contributed by atoms with van der Waals surface area (Å²) in [6.07, 6.45) is 4.70. The molecule has 0 aliphatic heterocycles. The molecule has 1 aromatic heterocycles. The van der Waals surface area contributed by atoms with Gasteiger partial charge in [0.05, 0.1) is 11.9 Å². The lowest BCUT2D eigenvalue weighted by Crippen LogP contribution is -2.28. The van der Waals surface area contributed by atoms with Crippen molar-refractivity contribution in [2.24, 2.45) is 5.92 Å². The Morgan fingerprint density at radius 2 is 2.29 bits per heavy atom. The molecule has 0 spiro atoms. The number of anilines is 2. The topological polar surface area (TPSA) is 68.0 Å². The van der Waals surface area contributed by atoms with Gasteiger partial charge >= 0.3 is 0 Å². The van der Waals surface area contributed by atoms with Crippen molar-refractivity contribution in [3.05, 3.63) is 18.3 Å². The highest BCUT2D eigenvalue weighted by atomic mass is 16.2. The Labute approximate surface area is 82.5 Å². The van der Waals surface area contributed by atoms with Crippen molar-refractivity contribution in [3.63, 3.8) is 0 Å². The molecule has 1 amide bonds. The van der Waals surface area contributed by atoms with E-state index in [2.05, 4.69) is 10.3 Å². The highest BCUT2D eigenvalue weighted by Crippen LogP contribution is 2.27.